The summed E-state index contributed by atoms with van der Waals surface area (Å²) in [7, 11) is 0. The molecule has 0 saturated heterocycles. The Morgan fingerprint density at radius 2 is 0.763 bits per heavy atom. The first-order chi connectivity index (χ1) is 36.0. The summed E-state index contributed by atoms with van der Waals surface area (Å²) in [5.74, 6) is 14.7. The van der Waals surface area contributed by atoms with Gasteiger partial charge in [-0.15, -0.1) is 0 Å². The summed E-state index contributed by atoms with van der Waals surface area (Å²) < 4.78 is 0. The quantitative estimate of drug-likeness (QED) is 0.202. The maximum atomic E-state index is 10.2. The Hall–Kier alpha value is -0.900. The molecule has 24 atom stereocenters. The third-order valence-corrected chi connectivity index (χ3v) is 29.0. The van der Waals surface area contributed by atoms with Gasteiger partial charge in [-0.05, 0) is 288 Å². The van der Waals surface area contributed by atoms with Crippen molar-refractivity contribution in [3.8, 4) is 0 Å². The van der Waals surface area contributed by atoms with Crippen molar-refractivity contribution in [2.24, 2.45) is 127 Å². The summed E-state index contributed by atoms with van der Waals surface area (Å²) >= 11 is 0. The fraction of sp³-hybridized carbons (Fsp3) is 0.918. The maximum absolute atomic E-state index is 10.2. The van der Waals surface area contributed by atoms with Crippen molar-refractivity contribution in [3.63, 3.8) is 0 Å². The molecule has 0 heterocycles. The number of rotatable bonds is 9. The van der Waals surface area contributed by atoms with Crippen LogP contribution in [0.4, 0.5) is 0 Å². The largest absolute Gasteiger partial charge is 0.393 e. The van der Waals surface area contributed by atoms with Gasteiger partial charge in [0.2, 0.25) is 0 Å². The van der Waals surface area contributed by atoms with Gasteiger partial charge in [0.25, 0.3) is 0 Å². The third kappa shape index (κ3) is 9.98. The molecule has 12 unspecified atom stereocenters. The van der Waals surface area contributed by atoms with Gasteiger partial charge in [-0.2, -0.15) is 0 Å². The summed E-state index contributed by atoms with van der Waals surface area (Å²) in [5, 5.41) is 30.5. The number of aliphatic hydroxyl groups is 3. The zero-order valence-electron chi connectivity index (χ0n) is 52.0. The molecule has 0 aliphatic heterocycles. The van der Waals surface area contributed by atoms with Crippen molar-refractivity contribution in [2.45, 2.75) is 295 Å². The average Bonchev–Trinajstić information content (AvgIpc) is 4.23. The van der Waals surface area contributed by atoms with Crippen LogP contribution >= 0.6 is 0 Å². The first-order valence-corrected chi connectivity index (χ1v) is 34.2. The van der Waals surface area contributed by atoms with E-state index in [2.05, 4.69) is 108 Å². The minimum atomic E-state index is -0.0764. The highest BCUT2D eigenvalue weighted by atomic mass is 16.3. The van der Waals surface area contributed by atoms with Crippen LogP contribution in [-0.2, 0) is 0 Å². The van der Waals surface area contributed by atoms with E-state index in [9.17, 15) is 15.3 Å². The van der Waals surface area contributed by atoms with Crippen molar-refractivity contribution in [1.29, 1.82) is 0 Å². The molecule has 0 radical (unpaired) electrons. The average molecular weight is 1050 g/mol. The van der Waals surface area contributed by atoms with Gasteiger partial charge in [-0.3, -0.25) is 0 Å². The van der Waals surface area contributed by atoms with E-state index in [1.807, 2.05) is 0 Å². The molecule has 12 aliphatic rings. The number of aliphatic hydroxyl groups excluding tert-OH is 3. The van der Waals surface area contributed by atoms with Gasteiger partial charge in [0.05, 0.1) is 18.3 Å². The smallest absolute Gasteiger partial charge is 0.0577 e. The molecule has 9 fully saturated rings. The van der Waals surface area contributed by atoms with Crippen LogP contribution in [-0.4, -0.2) is 33.6 Å². The van der Waals surface area contributed by atoms with E-state index in [0.29, 0.717) is 32.5 Å². The predicted octanol–water partition coefficient (Wildman–Crippen LogP) is 19.3. The molecule has 0 aromatic heterocycles. The molecule has 3 N–H and O–H groups in total. The van der Waals surface area contributed by atoms with Gasteiger partial charge in [0.15, 0.2) is 0 Å². The first kappa shape index (κ1) is 58.3. The van der Waals surface area contributed by atoms with Crippen LogP contribution in [0.25, 0.3) is 0 Å². The minimum absolute atomic E-state index is 0.0732. The summed E-state index contributed by atoms with van der Waals surface area (Å²) in [5.41, 5.74) is 7.83. The van der Waals surface area contributed by atoms with Crippen LogP contribution in [0.2, 0.25) is 0 Å². The highest BCUT2D eigenvalue weighted by Gasteiger charge is 2.62. The normalized spacial score (nSPS) is 50.0. The molecule has 0 amide bonds. The van der Waals surface area contributed by atoms with Gasteiger partial charge in [-0.25, -0.2) is 0 Å². The van der Waals surface area contributed by atoms with E-state index in [1.165, 1.54) is 148 Å². The molecule has 0 aromatic carbocycles. The number of unbranched alkanes of at least 4 members (excludes halogenated alkanes) is 1. The second kappa shape index (κ2) is 22.4. The molecule has 3 heteroatoms. The summed E-state index contributed by atoms with van der Waals surface area (Å²) in [6.07, 6.45) is 45.6. The Morgan fingerprint density at radius 3 is 1.09 bits per heavy atom. The minimum Gasteiger partial charge on any atom is -0.393 e. The molecular weight excluding hydrogens is 925 g/mol. The van der Waals surface area contributed by atoms with E-state index in [0.717, 1.165) is 133 Å². The summed E-state index contributed by atoms with van der Waals surface area (Å²) in [4.78, 5) is 0. The van der Waals surface area contributed by atoms with Gasteiger partial charge in [-0.1, -0.05) is 151 Å². The molecule has 12 aliphatic carbocycles. The van der Waals surface area contributed by atoms with Crippen LogP contribution in [0.1, 0.15) is 276 Å². The number of hydrogen-bond acceptors (Lipinski definition) is 3. The Bertz CT molecular complexity index is 2100. The van der Waals surface area contributed by atoms with E-state index >= 15 is 0 Å². The van der Waals surface area contributed by atoms with Crippen LogP contribution in [0.15, 0.2) is 34.9 Å². The summed E-state index contributed by atoms with van der Waals surface area (Å²) in [6.45, 7) is 32.8. The summed E-state index contributed by atoms with van der Waals surface area (Å²) in [6, 6.07) is 0. The third-order valence-electron chi connectivity index (χ3n) is 29.0. The van der Waals surface area contributed by atoms with E-state index in [4.69, 9.17) is 0 Å². The fourth-order valence-electron chi connectivity index (χ4n) is 24.8. The molecule has 76 heavy (non-hydrogen) atoms. The van der Waals surface area contributed by atoms with Crippen LogP contribution < -0.4 is 0 Å². The zero-order chi connectivity index (χ0) is 54.3. The highest BCUT2D eigenvalue weighted by molar-refractivity contribution is 5.28. The van der Waals surface area contributed by atoms with E-state index in [-0.39, 0.29) is 18.3 Å². The Balaban J connectivity index is 0.000000130. The number of allylic oxidation sites excluding steroid dienone is 3. The van der Waals surface area contributed by atoms with Gasteiger partial charge < -0.3 is 15.3 Å². The monoisotopic (exact) mass is 1050 g/mol. The predicted molar refractivity (Wildman–Crippen MR) is 320 cm³/mol. The lowest BCUT2D eigenvalue weighted by molar-refractivity contribution is -0.0577. The molecular formula is C73H122O3. The molecule has 0 bridgehead atoms. The Kier molecular flexibility index (Phi) is 17.1. The highest BCUT2D eigenvalue weighted by Crippen LogP contribution is 2.71. The first-order valence-electron chi connectivity index (χ1n) is 34.2. The fourth-order valence-corrected chi connectivity index (χ4v) is 24.8. The lowest BCUT2D eigenvalue weighted by Crippen LogP contribution is -2.50. The molecule has 3 nitrogen and oxygen atoms in total. The molecule has 0 aromatic rings. The van der Waals surface area contributed by atoms with Crippen molar-refractivity contribution in [1.82, 2.24) is 0 Å². The standard InChI is InChI=1S/2C25H42O.C23H38O/c1-16(2)14-17(3)21-8-9-22-20-7-6-18-15-19(26)10-12-24(18,4)23(20)11-13-25(21,22)5;1-5-6-7-17(2)21-10-11-22-20-9-8-18-16-19(26)12-14-24(18,3)23(20)13-15-25(21,22)4;1-5-15(2)19-8-9-20-18-7-6-16-14-17(24)10-12-22(16,3)21(18)11-13-23(19,20)4/h6,16-17,19-23,26H,7-15H2,1-5H3;8,17,19-23,26H,5-7,9-16H2,1-4H3;6,15,17-21,24H,5,7-14H2,1-4H3/t2*17?,19-,20?,21+,22?,23?,24-,25+;15?,17-,18?,19+,20?,21?,22-,23+/m000/s1. The van der Waals surface area contributed by atoms with Crippen LogP contribution in [0.5, 0.6) is 0 Å². The molecule has 9 saturated carbocycles. The molecule has 12 rings (SSSR count). The van der Waals surface area contributed by atoms with Gasteiger partial charge in [0.1, 0.15) is 0 Å². The molecule has 432 valence electrons. The zero-order valence-corrected chi connectivity index (χ0v) is 52.0. The van der Waals surface area contributed by atoms with Crippen molar-refractivity contribution < 1.29 is 15.3 Å². The Morgan fingerprint density at radius 1 is 0.421 bits per heavy atom. The molecule has 0 spiro atoms. The lowest BCUT2D eigenvalue weighted by atomic mass is 9.47. The maximum Gasteiger partial charge on any atom is 0.0577 e. The van der Waals surface area contributed by atoms with Crippen LogP contribution in [0.3, 0.4) is 0 Å². The van der Waals surface area contributed by atoms with E-state index in [1.54, 1.807) is 16.7 Å². The van der Waals surface area contributed by atoms with Gasteiger partial charge >= 0.3 is 0 Å². The second-order valence-corrected chi connectivity index (χ2v) is 32.8. The van der Waals surface area contributed by atoms with Crippen molar-refractivity contribution in [3.05, 3.63) is 34.9 Å². The Labute approximate surface area is 469 Å². The SMILES string of the molecule is CC(C)CC(C)[C@H]1CCC2C3CC=C4C[C@@H](O)CC[C@]4(C)C3CC[C@@]21C.CCC(C)[C@H]1CCC2C3CC=C4C[C@@H](O)CC[C@]4(C)C3CC[C@@]21C.CCCCC(C)[C@H]1CCC2C3CC=C4C[C@@H](O)CC[C@]4(C)C3CC[C@@]21C. The lowest BCUT2D eigenvalue weighted by Gasteiger charge is -2.58. The van der Waals surface area contributed by atoms with Crippen molar-refractivity contribution >= 4 is 0 Å². The topological polar surface area (TPSA) is 60.7 Å². The number of fused-ring (bicyclic) bond motifs is 15. The van der Waals surface area contributed by atoms with Crippen molar-refractivity contribution in [2.75, 3.05) is 0 Å². The van der Waals surface area contributed by atoms with Crippen LogP contribution in [0, 0.1) is 127 Å². The van der Waals surface area contributed by atoms with E-state index < -0.39 is 0 Å². The second-order valence-electron chi connectivity index (χ2n) is 32.8. The van der Waals surface area contributed by atoms with Gasteiger partial charge in [0, 0.05) is 0 Å². The number of hydrogen-bond donors (Lipinski definition) is 3.